The fourth-order valence-electron chi connectivity index (χ4n) is 2.12. The molecule has 0 saturated heterocycles. The minimum absolute atomic E-state index is 0.129. The second-order valence-electron chi connectivity index (χ2n) is 4.75. The van der Waals surface area contributed by atoms with Crippen LogP contribution in [0.1, 0.15) is 24.7 Å². The van der Waals surface area contributed by atoms with Crippen LogP contribution in [0.2, 0.25) is 0 Å². The van der Waals surface area contributed by atoms with Crippen molar-refractivity contribution in [2.75, 3.05) is 7.05 Å². The molecule has 0 atom stereocenters. The van der Waals surface area contributed by atoms with Crippen molar-refractivity contribution < 1.29 is 4.79 Å². The summed E-state index contributed by atoms with van der Waals surface area (Å²) in [4.78, 5) is 22.2. The Balaban J connectivity index is 1.85. The van der Waals surface area contributed by atoms with Crippen LogP contribution < -0.4 is 0 Å². The van der Waals surface area contributed by atoms with Crippen LogP contribution >= 0.6 is 0 Å². The van der Waals surface area contributed by atoms with E-state index in [1.165, 1.54) is 0 Å². The number of pyridine rings is 1. The molecule has 0 radical (unpaired) electrons. The Bertz CT molecular complexity index is 550. The Kier molecular flexibility index (Phi) is 4.87. The zero-order valence-corrected chi connectivity index (χ0v) is 12.0. The molecule has 0 bridgehead atoms. The Labute approximate surface area is 119 Å². The van der Waals surface area contributed by atoms with Crippen molar-refractivity contribution in [2.45, 2.75) is 32.9 Å². The minimum Gasteiger partial charge on any atom is -0.341 e. The van der Waals surface area contributed by atoms with Crippen LogP contribution in [0.5, 0.6) is 0 Å². The highest BCUT2D eigenvalue weighted by molar-refractivity contribution is 5.75. The van der Waals surface area contributed by atoms with Crippen molar-refractivity contribution in [3.05, 3.63) is 48.3 Å². The van der Waals surface area contributed by atoms with Gasteiger partial charge in [0.1, 0.15) is 5.82 Å². The molecule has 20 heavy (non-hydrogen) atoms. The van der Waals surface area contributed by atoms with Crippen molar-refractivity contribution in [1.82, 2.24) is 19.4 Å². The monoisotopic (exact) mass is 272 g/mol. The van der Waals surface area contributed by atoms with Crippen LogP contribution in [0, 0.1) is 0 Å². The molecule has 5 nitrogen and oxygen atoms in total. The first-order valence-electron chi connectivity index (χ1n) is 6.83. The number of nitrogens with zero attached hydrogens (tertiary/aromatic N) is 4. The van der Waals surface area contributed by atoms with Crippen LogP contribution in [0.25, 0.3) is 0 Å². The topological polar surface area (TPSA) is 51.0 Å². The number of carbonyl (C=O) groups excluding carboxylic acids is 1. The summed E-state index contributed by atoms with van der Waals surface area (Å²) < 4.78 is 2.04. The molecule has 2 rings (SSSR count). The van der Waals surface area contributed by atoms with Gasteiger partial charge in [-0.3, -0.25) is 9.78 Å². The number of amides is 1. The van der Waals surface area contributed by atoms with E-state index < -0.39 is 0 Å². The van der Waals surface area contributed by atoms with E-state index in [1.54, 1.807) is 23.5 Å². The Morgan fingerprint density at radius 3 is 2.95 bits per heavy atom. The van der Waals surface area contributed by atoms with Gasteiger partial charge in [-0.2, -0.15) is 0 Å². The van der Waals surface area contributed by atoms with Crippen molar-refractivity contribution >= 4 is 5.91 Å². The van der Waals surface area contributed by atoms with Gasteiger partial charge in [0.05, 0.1) is 0 Å². The molecule has 2 heterocycles. The van der Waals surface area contributed by atoms with E-state index in [9.17, 15) is 4.79 Å². The van der Waals surface area contributed by atoms with E-state index in [2.05, 4.69) is 16.9 Å². The third kappa shape index (κ3) is 3.66. The summed E-state index contributed by atoms with van der Waals surface area (Å²) in [5.41, 5.74) is 1.04. The lowest BCUT2D eigenvalue weighted by Gasteiger charge is -2.17. The number of carbonyl (C=O) groups is 1. The SMILES string of the molecule is CCc1nccn1CCC(=O)N(C)Cc1cccnc1. The van der Waals surface area contributed by atoms with Crippen LogP contribution in [-0.2, 0) is 24.3 Å². The van der Waals surface area contributed by atoms with E-state index in [0.29, 0.717) is 19.5 Å². The predicted molar refractivity (Wildman–Crippen MR) is 76.9 cm³/mol. The summed E-state index contributed by atoms with van der Waals surface area (Å²) in [6.45, 7) is 3.34. The summed E-state index contributed by atoms with van der Waals surface area (Å²) in [6, 6.07) is 3.86. The van der Waals surface area contributed by atoms with Gasteiger partial charge < -0.3 is 9.47 Å². The van der Waals surface area contributed by atoms with Crippen LogP contribution in [0.4, 0.5) is 0 Å². The number of aromatic nitrogens is 3. The molecule has 0 aliphatic carbocycles. The zero-order valence-electron chi connectivity index (χ0n) is 12.0. The predicted octanol–water partition coefficient (Wildman–Crippen LogP) is 1.89. The van der Waals surface area contributed by atoms with Gasteiger partial charge in [0.15, 0.2) is 0 Å². The van der Waals surface area contributed by atoms with Gasteiger partial charge in [0.2, 0.25) is 5.91 Å². The first-order valence-corrected chi connectivity index (χ1v) is 6.83. The lowest BCUT2D eigenvalue weighted by Crippen LogP contribution is -2.27. The summed E-state index contributed by atoms with van der Waals surface area (Å²) in [5.74, 6) is 1.15. The molecule has 0 unspecified atom stereocenters. The van der Waals surface area contributed by atoms with Gasteiger partial charge in [0.25, 0.3) is 0 Å². The standard InChI is InChI=1S/C15H20N4O/c1-3-14-17-8-10-19(14)9-6-15(20)18(2)12-13-5-4-7-16-11-13/h4-5,7-8,10-11H,3,6,9,12H2,1-2H3. The van der Waals surface area contributed by atoms with Crippen molar-refractivity contribution in [3.8, 4) is 0 Å². The quantitative estimate of drug-likeness (QED) is 0.807. The largest absolute Gasteiger partial charge is 0.341 e. The van der Waals surface area contributed by atoms with Crippen molar-refractivity contribution in [3.63, 3.8) is 0 Å². The van der Waals surface area contributed by atoms with E-state index in [-0.39, 0.29) is 5.91 Å². The summed E-state index contributed by atoms with van der Waals surface area (Å²) in [7, 11) is 1.82. The molecule has 2 aromatic rings. The van der Waals surface area contributed by atoms with E-state index in [1.807, 2.05) is 29.9 Å². The number of hydrogen-bond donors (Lipinski definition) is 0. The molecule has 0 spiro atoms. The van der Waals surface area contributed by atoms with Gasteiger partial charge in [-0.1, -0.05) is 13.0 Å². The molecule has 0 aromatic carbocycles. The van der Waals surface area contributed by atoms with Gasteiger partial charge >= 0.3 is 0 Å². The highest BCUT2D eigenvalue weighted by Crippen LogP contribution is 2.05. The summed E-state index contributed by atoms with van der Waals surface area (Å²) in [5, 5.41) is 0. The fraction of sp³-hybridized carbons (Fsp3) is 0.400. The molecule has 0 aliphatic rings. The lowest BCUT2D eigenvalue weighted by atomic mass is 10.2. The summed E-state index contributed by atoms with van der Waals surface area (Å²) >= 11 is 0. The first-order chi connectivity index (χ1) is 9.70. The van der Waals surface area contributed by atoms with Gasteiger partial charge in [-0.05, 0) is 11.6 Å². The number of hydrogen-bond acceptors (Lipinski definition) is 3. The molecule has 5 heteroatoms. The molecular formula is C15H20N4O. The Morgan fingerprint density at radius 1 is 1.40 bits per heavy atom. The Hall–Kier alpha value is -2.17. The smallest absolute Gasteiger partial charge is 0.224 e. The van der Waals surface area contributed by atoms with Crippen LogP contribution in [-0.4, -0.2) is 32.4 Å². The van der Waals surface area contributed by atoms with Gasteiger partial charge in [0, 0.05) is 57.8 Å². The second-order valence-corrected chi connectivity index (χ2v) is 4.75. The third-order valence-corrected chi connectivity index (χ3v) is 3.25. The number of imidazole rings is 1. The number of rotatable bonds is 6. The summed E-state index contributed by atoms with van der Waals surface area (Å²) in [6.07, 6.45) is 8.59. The van der Waals surface area contributed by atoms with Crippen LogP contribution in [0.3, 0.4) is 0 Å². The van der Waals surface area contributed by atoms with Gasteiger partial charge in [-0.15, -0.1) is 0 Å². The molecule has 0 saturated carbocycles. The maximum absolute atomic E-state index is 12.1. The van der Waals surface area contributed by atoms with Gasteiger partial charge in [-0.25, -0.2) is 4.98 Å². The molecule has 0 N–H and O–H groups in total. The zero-order chi connectivity index (χ0) is 14.4. The minimum atomic E-state index is 0.129. The average molecular weight is 272 g/mol. The molecule has 0 fully saturated rings. The lowest BCUT2D eigenvalue weighted by molar-refractivity contribution is -0.130. The molecular weight excluding hydrogens is 252 g/mol. The fourth-order valence-corrected chi connectivity index (χ4v) is 2.12. The Morgan fingerprint density at radius 2 is 2.25 bits per heavy atom. The van der Waals surface area contributed by atoms with E-state index in [4.69, 9.17) is 0 Å². The van der Waals surface area contributed by atoms with Crippen molar-refractivity contribution in [2.24, 2.45) is 0 Å². The average Bonchev–Trinajstić information content (AvgIpc) is 2.93. The van der Waals surface area contributed by atoms with Crippen molar-refractivity contribution in [1.29, 1.82) is 0 Å². The highest BCUT2D eigenvalue weighted by atomic mass is 16.2. The first kappa shape index (κ1) is 14.2. The third-order valence-electron chi connectivity index (χ3n) is 3.25. The molecule has 2 aromatic heterocycles. The molecule has 1 amide bonds. The molecule has 106 valence electrons. The normalized spacial score (nSPS) is 10.5. The van der Waals surface area contributed by atoms with E-state index >= 15 is 0 Å². The maximum atomic E-state index is 12.1. The van der Waals surface area contributed by atoms with Crippen LogP contribution in [0.15, 0.2) is 36.9 Å². The highest BCUT2D eigenvalue weighted by Gasteiger charge is 2.10. The van der Waals surface area contributed by atoms with E-state index in [0.717, 1.165) is 17.8 Å². The number of aryl methyl sites for hydroxylation is 2. The maximum Gasteiger partial charge on any atom is 0.224 e. The second kappa shape index (κ2) is 6.84. The molecule has 0 aliphatic heterocycles.